The molecule has 2 aromatic rings. The molecule has 35 heavy (non-hydrogen) atoms. The fraction of sp³-hybridized carbons (Fsp3) is 0.348. The summed E-state index contributed by atoms with van der Waals surface area (Å²) in [6.07, 6.45) is 4.67. The van der Waals surface area contributed by atoms with E-state index in [1.807, 2.05) is 0 Å². The molecular formula is C23H28N6O6. The summed E-state index contributed by atoms with van der Waals surface area (Å²) in [5, 5.41) is 27.5. The number of aliphatic carboxylic acids is 2. The Kier molecular flexibility index (Phi) is 10.3. The van der Waals surface area contributed by atoms with Gasteiger partial charge in [-0.15, -0.1) is 0 Å². The van der Waals surface area contributed by atoms with Crippen LogP contribution in [0.15, 0.2) is 53.9 Å². The predicted octanol–water partition coefficient (Wildman–Crippen LogP) is 0.580. The van der Waals surface area contributed by atoms with E-state index in [2.05, 4.69) is 25.7 Å². The lowest BCUT2D eigenvalue weighted by Crippen LogP contribution is -2.60. The number of hydrazone groups is 1. The summed E-state index contributed by atoms with van der Waals surface area (Å²) < 4.78 is 0. The van der Waals surface area contributed by atoms with Crippen LogP contribution in [0.4, 0.5) is 0 Å². The van der Waals surface area contributed by atoms with Gasteiger partial charge in [0.2, 0.25) is 5.91 Å². The van der Waals surface area contributed by atoms with Gasteiger partial charge in [-0.3, -0.25) is 14.4 Å². The van der Waals surface area contributed by atoms with Crippen LogP contribution in [0, 0.1) is 0 Å². The van der Waals surface area contributed by atoms with E-state index in [0.29, 0.717) is 24.8 Å². The van der Waals surface area contributed by atoms with Crippen LogP contribution in [0.2, 0.25) is 0 Å². The average molecular weight is 485 g/mol. The molecule has 2 amide bonds. The maximum atomic E-state index is 13.5. The fourth-order valence-electron chi connectivity index (χ4n) is 3.39. The van der Waals surface area contributed by atoms with E-state index < -0.39 is 41.8 Å². The molecule has 2 atom stereocenters. The van der Waals surface area contributed by atoms with Gasteiger partial charge in [0.05, 0.1) is 6.42 Å². The molecule has 6 N–H and O–H groups in total. The number of amides is 2. The maximum absolute atomic E-state index is 13.5. The number of aromatic nitrogens is 2. The minimum atomic E-state index is -2.23. The van der Waals surface area contributed by atoms with E-state index in [0.717, 1.165) is 0 Å². The molecule has 0 radical (unpaired) electrons. The Labute approximate surface area is 201 Å². The third-order valence-corrected chi connectivity index (χ3v) is 5.08. The monoisotopic (exact) mass is 484 g/mol. The van der Waals surface area contributed by atoms with Gasteiger partial charge >= 0.3 is 11.9 Å². The van der Waals surface area contributed by atoms with Crippen molar-refractivity contribution in [1.82, 2.24) is 20.6 Å². The molecule has 0 aliphatic carbocycles. The van der Waals surface area contributed by atoms with Crippen LogP contribution in [0.3, 0.4) is 0 Å². The molecule has 1 aromatic carbocycles. The third-order valence-electron chi connectivity index (χ3n) is 5.08. The van der Waals surface area contributed by atoms with Gasteiger partial charge in [0, 0.05) is 31.4 Å². The number of carboxylic acids is 2. The van der Waals surface area contributed by atoms with Crippen LogP contribution >= 0.6 is 0 Å². The maximum Gasteiger partial charge on any atom is 0.326 e. The first-order chi connectivity index (χ1) is 16.8. The minimum Gasteiger partial charge on any atom is -0.481 e. The lowest BCUT2D eigenvalue weighted by atomic mass is 9.91. The molecule has 2 rings (SSSR count). The second kappa shape index (κ2) is 13.4. The summed E-state index contributed by atoms with van der Waals surface area (Å²) in [4.78, 5) is 57.9. The quantitative estimate of drug-likeness (QED) is 0.110. The number of carboxylic acid groups (broad SMARTS) is 2. The SMILES string of the molecule is NN=CCCCCC(=O)N[C@@](CC(=O)O)(C(=O)N[C@@H](Cc1ccccc1)C(=O)O)c1ncccn1. The number of nitrogens with one attached hydrogen (secondary N) is 2. The van der Waals surface area contributed by atoms with Crippen LogP contribution in [0.5, 0.6) is 0 Å². The standard InChI is InChI=1S/C23H28N6O6/c24-27-13-6-2-5-10-18(30)29-23(15-19(31)32,21-25-11-7-12-26-21)22(35)28-17(20(33)34)14-16-8-3-1-4-9-16/h1,3-4,7-9,11-13,17H,2,5-6,10,14-15,24H2,(H,28,35)(H,29,30)(H,31,32)(H,33,34)/t17-,23+/m0/s1. The van der Waals surface area contributed by atoms with Crippen LogP contribution in [-0.2, 0) is 31.1 Å². The normalized spacial score (nSPS) is 13.5. The van der Waals surface area contributed by atoms with Crippen molar-refractivity contribution in [2.75, 3.05) is 0 Å². The number of hydrogen-bond acceptors (Lipinski definition) is 8. The van der Waals surface area contributed by atoms with Crippen molar-refractivity contribution < 1.29 is 29.4 Å². The Morgan fingerprint density at radius 2 is 1.74 bits per heavy atom. The van der Waals surface area contributed by atoms with Crippen molar-refractivity contribution in [2.24, 2.45) is 10.9 Å². The lowest BCUT2D eigenvalue weighted by molar-refractivity contribution is -0.147. The van der Waals surface area contributed by atoms with Crippen LogP contribution in [0.1, 0.15) is 43.5 Å². The van der Waals surface area contributed by atoms with E-state index in [-0.39, 0.29) is 18.7 Å². The van der Waals surface area contributed by atoms with Gasteiger partial charge in [-0.05, 0) is 30.9 Å². The van der Waals surface area contributed by atoms with Gasteiger partial charge in [0.25, 0.3) is 5.91 Å². The molecule has 1 heterocycles. The zero-order valence-corrected chi connectivity index (χ0v) is 19.0. The highest BCUT2D eigenvalue weighted by molar-refractivity contribution is 5.96. The van der Waals surface area contributed by atoms with Crippen molar-refractivity contribution in [3.05, 3.63) is 60.2 Å². The van der Waals surface area contributed by atoms with Crippen molar-refractivity contribution in [2.45, 2.75) is 50.1 Å². The first-order valence-corrected chi connectivity index (χ1v) is 10.9. The Morgan fingerprint density at radius 1 is 1.06 bits per heavy atom. The number of unbranched alkanes of at least 4 members (excludes halogenated alkanes) is 2. The largest absolute Gasteiger partial charge is 0.481 e. The summed E-state index contributed by atoms with van der Waals surface area (Å²) in [6, 6.07) is 8.68. The zero-order chi connectivity index (χ0) is 25.7. The number of hydrogen-bond donors (Lipinski definition) is 5. The Balaban J connectivity index is 2.34. The highest BCUT2D eigenvalue weighted by Gasteiger charge is 2.47. The number of nitrogens with two attached hydrogens (primary N) is 1. The van der Waals surface area contributed by atoms with Crippen LogP contribution in [0.25, 0.3) is 0 Å². The van der Waals surface area contributed by atoms with Gasteiger partial charge in [0.15, 0.2) is 11.4 Å². The topological polar surface area (TPSA) is 197 Å². The summed E-state index contributed by atoms with van der Waals surface area (Å²) in [6.45, 7) is 0. The second-order valence-electron chi connectivity index (χ2n) is 7.73. The Morgan fingerprint density at radius 3 is 2.34 bits per heavy atom. The number of benzene rings is 1. The molecule has 0 unspecified atom stereocenters. The first-order valence-electron chi connectivity index (χ1n) is 10.9. The van der Waals surface area contributed by atoms with Gasteiger partial charge in [-0.1, -0.05) is 30.3 Å². The number of carbonyl (C=O) groups is 4. The van der Waals surface area contributed by atoms with Crippen molar-refractivity contribution >= 4 is 30.0 Å². The number of rotatable bonds is 14. The van der Waals surface area contributed by atoms with Crippen LogP contribution < -0.4 is 16.5 Å². The summed E-state index contributed by atoms with van der Waals surface area (Å²) in [7, 11) is 0. The average Bonchev–Trinajstić information content (AvgIpc) is 2.83. The summed E-state index contributed by atoms with van der Waals surface area (Å²) >= 11 is 0. The van der Waals surface area contributed by atoms with Gasteiger partial charge in [-0.25, -0.2) is 14.8 Å². The first kappa shape index (κ1) is 26.9. The fourth-order valence-corrected chi connectivity index (χ4v) is 3.39. The van der Waals surface area contributed by atoms with Crippen molar-refractivity contribution in [3.8, 4) is 0 Å². The molecule has 0 saturated carbocycles. The molecule has 0 aliphatic rings. The summed E-state index contributed by atoms with van der Waals surface area (Å²) in [5.41, 5.74) is -1.59. The molecule has 186 valence electrons. The Bertz CT molecular complexity index is 1030. The molecule has 0 spiro atoms. The number of carbonyl (C=O) groups excluding carboxylic acids is 2. The minimum absolute atomic E-state index is 0.0216. The van der Waals surface area contributed by atoms with Gasteiger partial charge in [-0.2, -0.15) is 5.10 Å². The molecule has 0 fully saturated rings. The molecule has 1 aromatic heterocycles. The van der Waals surface area contributed by atoms with Gasteiger partial charge in [0.1, 0.15) is 6.04 Å². The van der Waals surface area contributed by atoms with E-state index in [1.165, 1.54) is 24.7 Å². The van der Waals surface area contributed by atoms with Crippen LogP contribution in [-0.4, -0.2) is 56.2 Å². The molecule has 0 bridgehead atoms. The van der Waals surface area contributed by atoms with E-state index in [9.17, 15) is 29.4 Å². The molecule has 0 saturated heterocycles. The molecule has 12 nitrogen and oxygen atoms in total. The van der Waals surface area contributed by atoms with E-state index >= 15 is 0 Å². The Hall–Kier alpha value is -4.35. The smallest absolute Gasteiger partial charge is 0.326 e. The molecule has 0 aliphatic heterocycles. The molecular weight excluding hydrogens is 456 g/mol. The highest BCUT2D eigenvalue weighted by Crippen LogP contribution is 2.24. The van der Waals surface area contributed by atoms with E-state index in [1.54, 1.807) is 30.3 Å². The zero-order valence-electron chi connectivity index (χ0n) is 19.0. The summed E-state index contributed by atoms with van der Waals surface area (Å²) in [5.74, 6) is 0.370. The second-order valence-corrected chi connectivity index (χ2v) is 7.73. The third kappa shape index (κ3) is 8.18. The van der Waals surface area contributed by atoms with Crippen molar-refractivity contribution in [3.63, 3.8) is 0 Å². The van der Waals surface area contributed by atoms with E-state index in [4.69, 9.17) is 5.84 Å². The van der Waals surface area contributed by atoms with Gasteiger partial charge < -0.3 is 26.7 Å². The molecule has 12 heteroatoms. The number of nitrogens with zero attached hydrogens (tertiary/aromatic N) is 3. The lowest BCUT2D eigenvalue weighted by Gasteiger charge is -2.32. The van der Waals surface area contributed by atoms with Crippen molar-refractivity contribution in [1.29, 1.82) is 0 Å². The highest BCUT2D eigenvalue weighted by atomic mass is 16.4. The predicted molar refractivity (Wildman–Crippen MR) is 125 cm³/mol.